The number of para-hydroxylation sites is 2. The number of aliphatic imine (C=N–C) groups is 1. The second kappa shape index (κ2) is 6.45. The Hall–Kier alpha value is -3.74. The minimum absolute atomic E-state index is 0.310. The van der Waals surface area contributed by atoms with Crippen molar-refractivity contribution in [3.8, 4) is 5.75 Å². The van der Waals surface area contributed by atoms with Crippen LogP contribution in [0.3, 0.4) is 0 Å². The lowest BCUT2D eigenvalue weighted by atomic mass is 10.1. The van der Waals surface area contributed by atoms with E-state index in [1.165, 1.54) is 11.3 Å². The van der Waals surface area contributed by atoms with E-state index in [2.05, 4.69) is 25.8 Å². The van der Waals surface area contributed by atoms with Crippen LogP contribution < -0.4 is 20.7 Å². The average Bonchev–Trinajstić information content (AvgIpc) is 3.32. The second-order valence-electron chi connectivity index (χ2n) is 6.72. The maximum absolute atomic E-state index is 12.4. The number of allylic oxidation sites excluding steroid dienone is 1. The zero-order valence-electron chi connectivity index (χ0n) is 15.3. The minimum Gasteiger partial charge on any atom is -0.495 e. The lowest BCUT2D eigenvalue weighted by Gasteiger charge is -2.25. The maximum atomic E-state index is 12.4. The molecule has 0 saturated heterocycles. The van der Waals surface area contributed by atoms with Gasteiger partial charge >= 0.3 is 6.03 Å². The Morgan fingerprint density at radius 2 is 2.11 bits per heavy atom. The highest BCUT2D eigenvalue weighted by molar-refractivity contribution is 6.01. The number of carbonyl (C=O) groups excluding carboxylic acids is 1. The molecule has 0 fully saturated rings. The molecular formula is C21H19N5O2. The van der Waals surface area contributed by atoms with E-state index in [0.29, 0.717) is 11.4 Å². The molecule has 3 N–H and O–H groups in total. The number of carbonyl (C=O) groups is 1. The van der Waals surface area contributed by atoms with E-state index in [0.717, 1.165) is 35.7 Å². The Labute approximate surface area is 162 Å². The molecule has 28 heavy (non-hydrogen) atoms. The van der Waals surface area contributed by atoms with Crippen molar-refractivity contribution < 1.29 is 9.53 Å². The van der Waals surface area contributed by atoms with E-state index in [4.69, 9.17) is 4.74 Å². The SMILES string of the molecule is COc1ccccc1NC(=O)Nc1ccc2c(c1)CC1=C2NC=C2N=CCN21. The molecular weight excluding hydrogens is 354 g/mol. The van der Waals surface area contributed by atoms with E-state index < -0.39 is 0 Å². The number of nitrogens with zero attached hydrogens (tertiary/aromatic N) is 2. The van der Waals surface area contributed by atoms with Gasteiger partial charge in [0.05, 0.1) is 25.0 Å². The van der Waals surface area contributed by atoms with Crippen LogP contribution in [0.2, 0.25) is 0 Å². The van der Waals surface area contributed by atoms with Gasteiger partial charge in [-0.25, -0.2) is 9.79 Å². The first-order valence-electron chi connectivity index (χ1n) is 9.07. The summed E-state index contributed by atoms with van der Waals surface area (Å²) < 4.78 is 5.27. The van der Waals surface area contributed by atoms with Crippen molar-refractivity contribution in [1.82, 2.24) is 10.2 Å². The van der Waals surface area contributed by atoms with Crippen molar-refractivity contribution in [3.05, 3.63) is 71.3 Å². The average molecular weight is 373 g/mol. The standard InChI is InChI=1S/C21H19N5O2/c1-28-18-5-3-2-4-16(18)25-21(27)24-14-6-7-15-13(10-14)11-17-20(15)23-12-19-22-8-9-26(17)19/h2-8,10,12,23H,9,11H2,1H3,(H2,24,25,27). The summed E-state index contributed by atoms with van der Waals surface area (Å²) in [5.74, 6) is 1.56. The number of hydrogen-bond donors (Lipinski definition) is 3. The lowest BCUT2D eigenvalue weighted by molar-refractivity contribution is 0.262. The van der Waals surface area contributed by atoms with Crippen LogP contribution in [-0.2, 0) is 6.42 Å². The molecule has 7 nitrogen and oxygen atoms in total. The third-order valence-electron chi connectivity index (χ3n) is 5.07. The summed E-state index contributed by atoms with van der Waals surface area (Å²) in [6, 6.07) is 13.0. The number of hydrogen-bond acceptors (Lipinski definition) is 5. The first-order valence-corrected chi connectivity index (χ1v) is 9.07. The molecule has 2 amide bonds. The molecule has 0 radical (unpaired) electrons. The van der Waals surface area contributed by atoms with Crippen LogP contribution in [0.15, 0.2) is 65.2 Å². The normalized spacial score (nSPS) is 16.0. The van der Waals surface area contributed by atoms with Gasteiger partial charge in [0, 0.05) is 35.8 Å². The van der Waals surface area contributed by atoms with Gasteiger partial charge in [0.1, 0.15) is 11.6 Å². The number of benzene rings is 2. The first kappa shape index (κ1) is 16.4. The second-order valence-corrected chi connectivity index (χ2v) is 6.72. The Bertz CT molecular complexity index is 1070. The Kier molecular flexibility index (Phi) is 3.79. The van der Waals surface area contributed by atoms with Crippen LogP contribution in [-0.4, -0.2) is 30.8 Å². The van der Waals surface area contributed by atoms with Crippen molar-refractivity contribution in [1.29, 1.82) is 0 Å². The minimum atomic E-state index is -0.310. The summed E-state index contributed by atoms with van der Waals surface area (Å²) in [5, 5.41) is 9.09. The monoisotopic (exact) mass is 373 g/mol. The molecule has 0 atom stereocenters. The van der Waals surface area contributed by atoms with E-state index in [1.54, 1.807) is 19.2 Å². The zero-order chi connectivity index (χ0) is 19.1. The number of rotatable bonds is 3. The predicted molar refractivity (Wildman–Crippen MR) is 109 cm³/mol. The van der Waals surface area contributed by atoms with Crippen molar-refractivity contribution in [3.63, 3.8) is 0 Å². The van der Waals surface area contributed by atoms with Crippen molar-refractivity contribution in [2.75, 3.05) is 24.3 Å². The maximum Gasteiger partial charge on any atom is 0.323 e. The van der Waals surface area contributed by atoms with Gasteiger partial charge in [-0.1, -0.05) is 18.2 Å². The van der Waals surface area contributed by atoms with Gasteiger partial charge in [0.25, 0.3) is 0 Å². The number of nitrogens with one attached hydrogen (secondary N) is 3. The zero-order valence-corrected chi connectivity index (χ0v) is 15.3. The van der Waals surface area contributed by atoms with Crippen molar-refractivity contribution in [2.45, 2.75) is 6.42 Å². The highest BCUT2D eigenvalue weighted by Gasteiger charge is 2.31. The quantitative estimate of drug-likeness (QED) is 0.771. The molecule has 140 valence electrons. The van der Waals surface area contributed by atoms with E-state index in [9.17, 15) is 4.79 Å². The van der Waals surface area contributed by atoms with Gasteiger partial charge in [-0.05, 0) is 29.8 Å². The summed E-state index contributed by atoms with van der Waals surface area (Å²) in [5.41, 5.74) is 6.05. The summed E-state index contributed by atoms with van der Waals surface area (Å²) in [6.07, 6.45) is 4.66. The molecule has 2 heterocycles. The third-order valence-corrected chi connectivity index (χ3v) is 5.07. The largest absolute Gasteiger partial charge is 0.495 e. The Balaban J connectivity index is 1.31. The van der Waals surface area contributed by atoms with Gasteiger partial charge in [-0.2, -0.15) is 0 Å². The van der Waals surface area contributed by atoms with Crippen LogP contribution in [0.4, 0.5) is 16.2 Å². The van der Waals surface area contributed by atoms with Gasteiger partial charge < -0.3 is 25.6 Å². The van der Waals surface area contributed by atoms with Crippen molar-refractivity contribution >= 4 is 29.3 Å². The Morgan fingerprint density at radius 1 is 1.21 bits per heavy atom. The van der Waals surface area contributed by atoms with Crippen LogP contribution >= 0.6 is 0 Å². The molecule has 0 unspecified atom stereocenters. The lowest BCUT2D eigenvalue weighted by Crippen LogP contribution is -2.26. The van der Waals surface area contributed by atoms with Crippen LogP contribution in [0.1, 0.15) is 11.1 Å². The first-order chi connectivity index (χ1) is 13.7. The molecule has 2 aromatic carbocycles. The van der Waals surface area contributed by atoms with Crippen LogP contribution in [0, 0.1) is 0 Å². The summed E-state index contributed by atoms with van der Waals surface area (Å²) in [6.45, 7) is 0.798. The van der Waals surface area contributed by atoms with E-state index in [-0.39, 0.29) is 6.03 Å². The third kappa shape index (κ3) is 2.68. The molecule has 0 spiro atoms. The molecule has 2 aliphatic heterocycles. The molecule has 3 aliphatic rings. The number of amides is 2. The molecule has 1 aliphatic carbocycles. The number of fused-ring (bicyclic) bond motifs is 4. The van der Waals surface area contributed by atoms with Crippen LogP contribution in [0.25, 0.3) is 5.70 Å². The molecule has 0 bridgehead atoms. The fraction of sp³-hybridized carbons (Fsp3) is 0.143. The van der Waals surface area contributed by atoms with E-state index in [1.807, 2.05) is 42.7 Å². The number of anilines is 2. The van der Waals surface area contributed by atoms with Gasteiger partial charge in [0.15, 0.2) is 0 Å². The molecule has 0 aromatic heterocycles. The summed E-state index contributed by atoms with van der Waals surface area (Å²) in [7, 11) is 1.58. The van der Waals surface area contributed by atoms with E-state index >= 15 is 0 Å². The summed E-state index contributed by atoms with van der Waals surface area (Å²) in [4.78, 5) is 19.0. The van der Waals surface area contributed by atoms with Crippen molar-refractivity contribution in [2.24, 2.45) is 4.99 Å². The van der Waals surface area contributed by atoms with Gasteiger partial charge in [-0.3, -0.25) is 0 Å². The molecule has 0 saturated carbocycles. The number of methoxy groups -OCH3 is 1. The highest BCUT2D eigenvalue weighted by atomic mass is 16.5. The smallest absolute Gasteiger partial charge is 0.323 e. The predicted octanol–water partition coefficient (Wildman–Crippen LogP) is 3.35. The number of ether oxygens (including phenoxy) is 1. The number of urea groups is 1. The molecule has 7 heteroatoms. The molecule has 2 aromatic rings. The topological polar surface area (TPSA) is 78.0 Å². The summed E-state index contributed by atoms with van der Waals surface area (Å²) >= 11 is 0. The molecule has 5 rings (SSSR count). The Morgan fingerprint density at radius 3 is 3.00 bits per heavy atom. The van der Waals surface area contributed by atoms with Gasteiger partial charge in [0.2, 0.25) is 0 Å². The van der Waals surface area contributed by atoms with Crippen LogP contribution in [0.5, 0.6) is 5.75 Å². The highest BCUT2D eigenvalue weighted by Crippen LogP contribution is 2.38. The fourth-order valence-corrected chi connectivity index (χ4v) is 3.79. The van der Waals surface area contributed by atoms with Gasteiger partial charge in [-0.15, -0.1) is 0 Å². The fourth-order valence-electron chi connectivity index (χ4n) is 3.79.